The van der Waals surface area contributed by atoms with Crippen LogP contribution in [0.5, 0.6) is 0 Å². The summed E-state index contributed by atoms with van der Waals surface area (Å²) in [4.78, 5) is 1.90. The molecule has 0 fully saturated rings. The summed E-state index contributed by atoms with van der Waals surface area (Å²) < 4.78 is 5.65. The molecule has 0 radical (unpaired) electrons. The molecule has 5 nitrogen and oxygen atoms in total. The van der Waals surface area contributed by atoms with Crippen molar-refractivity contribution in [3.8, 4) is 0 Å². The van der Waals surface area contributed by atoms with Crippen LogP contribution in [0.1, 0.15) is 24.4 Å². The second-order valence-electron chi connectivity index (χ2n) is 4.28. The maximum Gasteiger partial charge on any atom is 0.322 e. The minimum Gasteiger partial charge on any atom is -0.406 e. The molecule has 1 aromatic carbocycles. The molecule has 18 heavy (non-hydrogen) atoms. The van der Waals surface area contributed by atoms with Crippen molar-refractivity contribution in [3.05, 3.63) is 35.7 Å². The predicted octanol–water partition coefficient (Wildman–Crippen LogP) is 2.43. The van der Waals surface area contributed by atoms with E-state index in [0.29, 0.717) is 11.9 Å². The second kappa shape index (κ2) is 5.18. The number of hydrogen-bond acceptors (Lipinski definition) is 5. The van der Waals surface area contributed by atoms with Crippen LogP contribution in [0.15, 0.2) is 28.7 Å². The number of benzene rings is 1. The van der Waals surface area contributed by atoms with Crippen molar-refractivity contribution in [1.82, 2.24) is 15.5 Å². The summed E-state index contributed by atoms with van der Waals surface area (Å²) in [5.74, 6) is 0.591. The van der Waals surface area contributed by atoms with E-state index in [1.807, 2.05) is 44.1 Å². The van der Waals surface area contributed by atoms with Crippen LogP contribution in [0.4, 0.5) is 11.7 Å². The highest BCUT2D eigenvalue weighted by Crippen LogP contribution is 2.26. The Morgan fingerprint density at radius 3 is 2.67 bits per heavy atom. The second-order valence-corrected chi connectivity index (χ2v) is 4.28. The maximum absolute atomic E-state index is 5.65. The number of nitrogens with one attached hydrogen (secondary N) is 1. The van der Waals surface area contributed by atoms with Gasteiger partial charge in [-0.1, -0.05) is 23.3 Å². The van der Waals surface area contributed by atoms with Crippen LogP contribution in [-0.2, 0) is 0 Å². The number of aromatic nitrogens is 2. The molecule has 0 saturated heterocycles. The van der Waals surface area contributed by atoms with Gasteiger partial charge in [0, 0.05) is 12.7 Å². The molecule has 0 spiro atoms. The molecule has 1 aromatic heterocycles. The van der Waals surface area contributed by atoms with Gasteiger partial charge in [0.2, 0.25) is 5.89 Å². The number of nitrogens with zero attached hydrogens (tertiary/aromatic N) is 3. The Hall–Kier alpha value is -1.88. The highest BCUT2D eigenvalue weighted by atomic mass is 16.4. The van der Waals surface area contributed by atoms with Gasteiger partial charge in [-0.2, -0.15) is 0 Å². The number of rotatable bonds is 4. The zero-order valence-corrected chi connectivity index (χ0v) is 11.1. The quantitative estimate of drug-likeness (QED) is 0.898. The summed E-state index contributed by atoms with van der Waals surface area (Å²) in [6, 6.07) is 8.64. The standard InChI is InChI=1S/C13H18N4O/c1-9-7-5-6-8-11(9)17(4)13-16-15-12(18-13)10(2)14-3/h5-8,10,14H,1-4H3. The molecule has 0 aliphatic rings. The molecule has 1 N–H and O–H groups in total. The monoisotopic (exact) mass is 246 g/mol. The summed E-state index contributed by atoms with van der Waals surface area (Å²) in [5.41, 5.74) is 2.23. The number of hydrogen-bond donors (Lipinski definition) is 1. The first-order valence-corrected chi connectivity index (χ1v) is 5.93. The van der Waals surface area contributed by atoms with E-state index in [2.05, 4.69) is 28.5 Å². The molecule has 1 atom stereocenters. The molecular weight excluding hydrogens is 228 g/mol. The first-order valence-electron chi connectivity index (χ1n) is 5.93. The average molecular weight is 246 g/mol. The Morgan fingerprint density at radius 1 is 1.28 bits per heavy atom. The molecule has 1 unspecified atom stereocenters. The van der Waals surface area contributed by atoms with Gasteiger partial charge in [0.15, 0.2) is 0 Å². The van der Waals surface area contributed by atoms with E-state index in [0.717, 1.165) is 5.69 Å². The Labute approximate surface area is 107 Å². The van der Waals surface area contributed by atoms with E-state index < -0.39 is 0 Å². The van der Waals surface area contributed by atoms with Crippen LogP contribution < -0.4 is 10.2 Å². The summed E-state index contributed by atoms with van der Waals surface area (Å²) in [7, 11) is 3.78. The van der Waals surface area contributed by atoms with Crippen molar-refractivity contribution in [1.29, 1.82) is 0 Å². The SMILES string of the molecule is CNC(C)c1nnc(N(C)c2ccccc2C)o1. The first-order chi connectivity index (χ1) is 8.63. The molecule has 2 rings (SSSR count). The molecule has 0 aliphatic carbocycles. The van der Waals surface area contributed by atoms with E-state index in [9.17, 15) is 0 Å². The minimum atomic E-state index is 0.0523. The molecule has 0 saturated carbocycles. The van der Waals surface area contributed by atoms with Gasteiger partial charge < -0.3 is 9.73 Å². The van der Waals surface area contributed by atoms with Gasteiger partial charge in [0.25, 0.3) is 0 Å². The van der Waals surface area contributed by atoms with Crippen molar-refractivity contribution >= 4 is 11.7 Å². The fourth-order valence-electron chi connectivity index (χ4n) is 1.70. The third-order valence-electron chi connectivity index (χ3n) is 3.00. The lowest BCUT2D eigenvalue weighted by molar-refractivity contribution is 0.437. The van der Waals surface area contributed by atoms with Crippen LogP contribution in [0.2, 0.25) is 0 Å². The van der Waals surface area contributed by atoms with Crippen LogP contribution in [0.25, 0.3) is 0 Å². The molecule has 1 heterocycles. The zero-order chi connectivity index (χ0) is 13.1. The van der Waals surface area contributed by atoms with E-state index in [-0.39, 0.29) is 6.04 Å². The molecular formula is C13H18N4O. The predicted molar refractivity (Wildman–Crippen MR) is 71.0 cm³/mol. The van der Waals surface area contributed by atoms with Gasteiger partial charge in [-0.3, -0.25) is 4.90 Å². The Bertz CT molecular complexity index is 523. The summed E-state index contributed by atoms with van der Waals surface area (Å²) in [5, 5.41) is 11.2. The molecule has 0 amide bonds. The van der Waals surface area contributed by atoms with Crippen LogP contribution >= 0.6 is 0 Å². The molecule has 5 heteroatoms. The largest absolute Gasteiger partial charge is 0.406 e. The van der Waals surface area contributed by atoms with Gasteiger partial charge >= 0.3 is 6.01 Å². The van der Waals surface area contributed by atoms with Gasteiger partial charge in [0.05, 0.1) is 6.04 Å². The van der Waals surface area contributed by atoms with E-state index in [4.69, 9.17) is 4.42 Å². The van der Waals surface area contributed by atoms with Gasteiger partial charge in [-0.25, -0.2) is 0 Å². The first kappa shape index (κ1) is 12.6. The smallest absolute Gasteiger partial charge is 0.322 e. The molecule has 2 aromatic rings. The third kappa shape index (κ3) is 2.36. The van der Waals surface area contributed by atoms with Gasteiger partial charge in [-0.15, -0.1) is 5.10 Å². The van der Waals surface area contributed by atoms with E-state index in [1.54, 1.807) is 0 Å². The average Bonchev–Trinajstić information content (AvgIpc) is 2.87. The van der Waals surface area contributed by atoms with Crippen molar-refractivity contribution in [2.24, 2.45) is 0 Å². The summed E-state index contributed by atoms with van der Waals surface area (Å²) in [6.07, 6.45) is 0. The minimum absolute atomic E-state index is 0.0523. The third-order valence-corrected chi connectivity index (χ3v) is 3.00. The van der Waals surface area contributed by atoms with Gasteiger partial charge in [-0.05, 0) is 32.5 Å². The number of anilines is 2. The maximum atomic E-state index is 5.65. The summed E-state index contributed by atoms with van der Waals surface area (Å²) in [6.45, 7) is 4.03. The van der Waals surface area contributed by atoms with Crippen molar-refractivity contribution in [2.45, 2.75) is 19.9 Å². The number of aryl methyl sites for hydroxylation is 1. The molecule has 0 aliphatic heterocycles. The van der Waals surface area contributed by atoms with Crippen molar-refractivity contribution < 1.29 is 4.42 Å². The number of para-hydroxylation sites is 1. The van der Waals surface area contributed by atoms with Crippen LogP contribution in [0, 0.1) is 6.92 Å². The lowest BCUT2D eigenvalue weighted by Crippen LogP contribution is -2.12. The van der Waals surface area contributed by atoms with Crippen molar-refractivity contribution in [2.75, 3.05) is 19.0 Å². The highest BCUT2D eigenvalue weighted by Gasteiger charge is 2.16. The van der Waals surface area contributed by atoms with E-state index >= 15 is 0 Å². The van der Waals surface area contributed by atoms with Crippen LogP contribution in [-0.4, -0.2) is 24.3 Å². The van der Waals surface area contributed by atoms with Gasteiger partial charge in [0.1, 0.15) is 0 Å². The molecule has 0 bridgehead atoms. The summed E-state index contributed by atoms with van der Waals surface area (Å²) >= 11 is 0. The lowest BCUT2D eigenvalue weighted by Gasteiger charge is -2.16. The van der Waals surface area contributed by atoms with Crippen molar-refractivity contribution in [3.63, 3.8) is 0 Å². The Morgan fingerprint density at radius 2 is 2.00 bits per heavy atom. The van der Waals surface area contributed by atoms with Crippen LogP contribution in [0.3, 0.4) is 0 Å². The zero-order valence-electron chi connectivity index (χ0n) is 11.1. The Balaban J connectivity index is 2.27. The highest BCUT2D eigenvalue weighted by molar-refractivity contribution is 5.59. The van der Waals surface area contributed by atoms with E-state index in [1.165, 1.54) is 5.56 Å². The fourth-order valence-corrected chi connectivity index (χ4v) is 1.70. The molecule has 96 valence electrons. The topological polar surface area (TPSA) is 54.2 Å². The fraction of sp³-hybridized carbons (Fsp3) is 0.385. The lowest BCUT2D eigenvalue weighted by atomic mass is 10.2. The normalized spacial score (nSPS) is 12.4. The Kier molecular flexibility index (Phi) is 3.62.